The van der Waals surface area contributed by atoms with E-state index >= 15 is 0 Å². The van der Waals surface area contributed by atoms with Crippen molar-refractivity contribution < 1.29 is 23.8 Å². The van der Waals surface area contributed by atoms with E-state index in [9.17, 15) is 19.7 Å². The number of nitrogens with zero attached hydrogens (tertiary/aromatic N) is 3. The Balaban J connectivity index is 1.39. The number of hydroxylamine groups is 1. The Morgan fingerprint density at radius 1 is 0.811 bits per heavy atom. The van der Waals surface area contributed by atoms with Crippen LogP contribution in [0.5, 0.6) is 0 Å². The summed E-state index contributed by atoms with van der Waals surface area (Å²) in [7, 11) is 0. The molecule has 0 spiro atoms. The number of hydrogen-bond acceptors (Lipinski definition) is 7. The van der Waals surface area contributed by atoms with Crippen molar-refractivity contribution >= 4 is 44.8 Å². The molecule has 184 valence electrons. The van der Waals surface area contributed by atoms with Crippen molar-refractivity contribution in [2.45, 2.75) is 12.1 Å². The Hall–Kier alpha value is -4.28. The maximum atomic E-state index is 13.7. The van der Waals surface area contributed by atoms with Crippen molar-refractivity contribution in [3.05, 3.63) is 111 Å². The van der Waals surface area contributed by atoms with Crippen molar-refractivity contribution in [2.75, 3.05) is 9.96 Å². The van der Waals surface area contributed by atoms with Crippen LogP contribution in [0, 0.1) is 16.0 Å². The summed E-state index contributed by atoms with van der Waals surface area (Å²) in [6.07, 6.45) is -1.07. The number of amides is 2. The maximum absolute atomic E-state index is 13.7. The highest BCUT2D eigenvalue weighted by molar-refractivity contribution is 9.10. The van der Waals surface area contributed by atoms with Crippen molar-refractivity contribution in [2.24, 2.45) is 5.92 Å². The molecule has 1 aromatic heterocycles. The van der Waals surface area contributed by atoms with E-state index in [0.717, 1.165) is 14.9 Å². The van der Waals surface area contributed by atoms with Crippen LogP contribution < -0.4 is 9.96 Å². The van der Waals surface area contributed by atoms with E-state index in [0.29, 0.717) is 17.2 Å². The van der Waals surface area contributed by atoms with Gasteiger partial charge in [-0.2, -0.15) is 0 Å². The number of carbonyl (C=O) groups excluding carboxylic acids is 2. The normalized spacial score (nSPS) is 20.9. The molecule has 3 aromatic carbocycles. The average molecular weight is 560 g/mol. The number of nitro groups is 1. The third-order valence-corrected chi connectivity index (χ3v) is 7.02. The van der Waals surface area contributed by atoms with Gasteiger partial charge in [-0.25, -0.2) is 9.96 Å². The van der Waals surface area contributed by atoms with Crippen LogP contribution in [0.25, 0.3) is 11.3 Å². The zero-order valence-electron chi connectivity index (χ0n) is 19.1. The number of anilines is 2. The van der Waals surface area contributed by atoms with Crippen LogP contribution in [-0.2, 0) is 14.4 Å². The van der Waals surface area contributed by atoms with Gasteiger partial charge in [0.05, 0.1) is 16.3 Å². The second kappa shape index (κ2) is 8.99. The Morgan fingerprint density at radius 2 is 1.51 bits per heavy atom. The fourth-order valence-electron chi connectivity index (χ4n) is 4.76. The summed E-state index contributed by atoms with van der Waals surface area (Å²) in [4.78, 5) is 44.8. The van der Waals surface area contributed by atoms with Crippen molar-refractivity contribution in [1.82, 2.24) is 0 Å². The first-order valence-electron chi connectivity index (χ1n) is 11.4. The molecule has 2 amide bonds. The lowest BCUT2D eigenvalue weighted by atomic mass is 9.94. The molecule has 4 aromatic rings. The quantitative estimate of drug-likeness (QED) is 0.176. The Labute approximate surface area is 219 Å². The zero-order chi connectivity index (χ0) is 25.7. The van der Waals surface area contributed by atoms with E-state index in [4.69, 9.17) is 9.25 Å². The van der Waals surface area contributed by atoms with Crippen LogP contribution >= 0.6 is 15.9 Å². The summed E-state index contributed by atoms with van der Waals surface area (Å²) >= 11 is 3.43. The molecule has 37 heavy (non-hydrogen) atoms. The number of benzene rings is 3. The molecule has 2 aliphatic heterocycles. The molecule has 2 fully saturated rings. The average Bonchev–Trinajstić information content (AvgIpc) is 3.60. The molecule has 0 bridgehead atoms. The number of non-ortho nitro benzene ring substituents is 1. The van der Waals surface area contributed by atoms with Gasteiger partial charge in [0, 0.05) is 22.2 Å². The van der Waals surface area contributed by atoms with Gasteiger partial charge in [0.15, 0.2) is 6.10 Å². The zero-order valence-corrected chi connectivity index (χ0v) is 20.6. The highest BCUT2D eigenvalue weighted by Gasteiger charge is 2.61. The molecule has 2 aliphatic rings. The molecule has 0 unspecified atom stereocenters. The van der Waals surface area contributed by atoms with E-state index in [1.807, 2.05) is 60.7 Å². The number of hydrogen-bond donors (Lipinski definition) is 0. The molecule has 0 aliphatic carbocycles. The van der Waals surface area contributed by atoms with Crippen LogP contribution in [0.1, 0.15) is 11.8 Å². The number of fused-ring (bicyclic) bond motifs is 1. The van der Waals surface area contributed by atoms with Crippen LogP contribution in [0.2, 0.25) is 0 Å². The van der Waals surface area contributed by atoms with Gasteiger partial charge < -0.3 is 4.42 Å². The first kappa shape index (κ1) is 23.1. The smallest absolute Gasteiger partial charge is 0.269 e. The molecule has 3 heterocycles. The van der Waals surface area contributed by atoms with Gasteiger partial charge in [-0.15, -0.1) is 0 Å². The lowest BCUT2D eigenvalue weighted by Crippen LogP contribution is -2.37. The number of imide groups is 1. The van der Waals surface area contributed by atoms with Crippen molar-refractivity contribution in [3.63, 3.8) is 0 Å². The predicted molar refractivity (Wildman–Crippen MR) is 137 cm³/mol. The number of halogens is 1. The van der Waals surface area contributed by atoms with E-state index in [-0.39, 0.29) is 11.4 Å². The number of furan rings is 1. The van der Waals surface area contributed by atoms with Crippen LogP contribution in [0.15, 0.2) is 99.9 Å². The highest BCUT2D eigenvalue weighted by Crippen LogP contribution is 2.48. The molecular weight excluding hydrogens is 542 g/mol. The number of nitro benzene ring substituents is 1. The molecule has 0 radical (unpaired) electrons. The highest BCUT2D eigenvalue weighted by atomic mass is 79.9. The summed E-state index contributed by atoms with van der Waals surface area (Å²) in [5.41, 5.74) is 1.64. The number of para-hydroxylation sites is 1. The van der Waals surface area contributed by atoms with Gasteiger partial charge in [0.2, 0.25) is 5.91 Å². The van der Waals surface area contributed by atoms with E-state index < -0.39 is 34.8 Å². The second-order valence-corrected chi connectivity index (χ2v) is 9.57. The summed E-state index contributed by atoms with van der Waals surface area (Å²) in [6.45, 7) is 0. The molecule has 3 atom stereocenters. The summed E-state index contributed by atoms with van der Waals surface area (Å²) in [6, 6.07) is 25.0. The Morgan fingerprint density at radius 3 is 2.19 bits per heavy atom. The summed E-state index contributed by atoms with van der Waals surface area (Å²) in [5.74, 6) is -0.795. The topological polar surface area (TPSA) is 106 Å². The Bertz CT molecular complexity index is 1500. The second-order valence-electron chi connectivity index (χ2n) is 8.65. The monoisotopic (exact) mass is 559 g/mol. The summed E-state index contributed by atoms with van der Waals surface area (Å²) in [5, 5.41) is 12.6. The third-order valence-electron chi connectivity index (χ3n) is 6.49. The molecule has 0 saturated carbocycles. The van der Waals surface area contributed by atoms with E-state index in [2.05, 4.69) is 15.9 Å². The maximum Gasteiger partial charge on any atom is 0.269 e. The SMILES string of the molecule is O=C1[C@@H]2[C@@H](ON(c3ccccc3)[C@H]2c2ccc(-c3ccc(Br)cc3)o2)C(=O)N1c1ccc([N+](=O)[O-])cc1. The van der Waals surface area contributed by atoms with Gasteiger partial charge in [-0.05, 0) is 48.5 Å². The molecule has 2 saturated heterocycles. The van der Waals surface area contributed by atoms with Gasteiger partial charge in [0.1, 0.15) is 23.5 Å². The molecule has 9 nitrogen and oxygen atoms in total. The van der Waals surface area contributed by atoms with E-state index in [1.54, 1.807) is 11.1 Å². The summed E-state index contributed by atoms with van der Waals surface area (Å²) < 4.78 is 7.16. The minimum Gasteiger partial charge on any atom is -0.459 e. The lowest BCUT2D eigenvalue weighted by Gasteiger charge is -2.27. The van der Waals surface area contributed by atoms with E-state index in [1.165, 1.54) is 24.3 Å². The first-order chi connectivity index (χ1) is 17.9. The van der Waals surface area contributed by atoms with Gasteiger partial charge in [-0.3, -0.25) is 24.5 Å². The largest absolute Gasteiger partial charge is 0.459 e. The molecular formula is C27H18BrN3O6. The molecule has 0 N–H and O–H groups in total. The Kier molecular flexibility index (Phi) is 5.62. The first-order valence-corrected chi connectivity index (χ1v) is 12.2. The van der Waals surface area contributed by atoms with Crippen LogP contribution in [0.3, 0.4) is 0 Å². The third kappa shape index (κ3) is 3.90. The minimum atomic E-state index is -1.07. The van der Waals surface area contributed by atoms with Gasteiger partial charge in [-0.1, -0.05) is 46.3 Å². The minimum absolute atomic E-state index is 0.136. The fourth-order valence-corrected chi connectivity index (χ4v) is 5.03. The van der Waals surface area contributed by atoms with Crippen LogP contribution in [0.4, 0.5) is 17.1 Å². The standard InChI is InChI=1S/C27H18BrN3O6/c28-17-8-6-16(7-9-17)21-14-15-22(36-21)24-23-25(37-30(24)19-4-2-1-3-5-19)27(33)29(26(23)32)18-10-12-20(13-11-18)31(34)35/h1-15,23-25H/t23-,24-,25+/m0/s1. The molecule has 10 heteroatoms. The van der Waals surface area contributed by atoms with Crippen molar-refractivity contribution in [3.8, 4) is 11.3 Å². The van der Waals surface area contributed by atoms with Crippen LogP contribution in [-0.4, -0.2) is 22.8 Å². The number of carbonyl (C=O) groups is 2. The fraction of sp³-hybridized carbons (Fsp3) is 0.111. The van der Waals surface area contributed by atoms with Gasteiger partial charge in [0.25, 0.3) is 11.6 Å². The predicted octanol–water partition coefficient (Wildman–Crippen LogP) is 5.67. The number of rotatable bonds is 5. The van der Waals surface area contributed by atoms with Gasteiger partial charge >= 0.3 is 0 Å². The lowest BCUT2D eigenvalue weighted by molar-refractivity contribution is -0.384. The van der Waals surface area contributed by atoms with Crippen molar-refractivity contribution in [1.29, 1.82) is 0 Å². The molecule has 6 rings (SSSR count).